The first-order chi connectivity index (χ1) is 4.52. The van der Waals surface area contributed by atoms with Gasteiger partial charge in [-0.15, -0.1) is 0 Å². The summed E-state index contributed by atoms with van der Waals surface area (Å²) in [6.45, 7) is 6.31. The maximum absolute atomic E-state index is 5.39. The number of aliphatic imine (C=N–C) groups is 1. The molecule has 0 aliphatic carbocycles. The van der Waals surface area contributed by atoms with Crippen LogP contribution in [0.4, 0.5) is 0 Å². The fourth-order valence-corrected chi connectivity index (χ4v) is 0.626. The van der Waals surface area contributed by atoms with Crippen molar-refractivity contribution in [3.8, 4) is 0 Å². The van der Waals surface area contributed by atoms with E-state index >= 15 is 0 Å². The zero-order valence-corrected chi connectivity index (χ0v) is 7.18. The molecule has 0 heterocycles. The zero-order chi connectivity index (χ0) is 8.20. The zero-order valence-electron chi connectivity index (χ0n) is 7.18. The highest BCUT2D eigenvalue weighted by atomic mass is 14.6. The van der Waals surface area contributed by atoms with Crippen LogP contribution in [0, 0.1) is 5.41 Å². The van der Waals surface area contributed by atoms with E-state index in [9.17, 15) is 0 Å². The summed E-state index contributed by atoms with van der Waals surface area (Å²) >= 11 is 0. The second kappa shape index (κ2) is 3.40. The molecule has 0 aliphatic heterocycles. The molecule has 2 N–H and O–H groups in total. The van der Waals surface area contributed by atoms with Crippen molar-refractivity contribution in [2.45, 2.75) is 20.8 Å². The van der Waals surface area contributed by atoms with Crippen molar-refractivity contribution in [3.05, 3.63) is 11.8 Å². The monoisotopic (exact) mass is 140 g/mol. The van der Waals surface area contributed by atoms with Gasteiger partial charge in [0, 0.05) is 13.3 Å². The number of nitrogens with zero attached hydrogens (tertiary/aromatic N) is 1. The second-order valence-electron chi connectivity index (χ2n) is 3.26. The Balaban J connectivity index is 4.39. The van der Waals surface area contributed by atoms with Gasteiger partial charge >= 0.3 is 0 Å². The van der Waals surface area contributed by atoms with Crippen LogP contribution in [0.25, 0.3) is 0 Å². The lowest BCUT2D eigenvalue weighted by molar-refractivity contribution is 0.525. The summed E-state index contributed by atoms with van der Waals surface area (Å²) in [6, 6.07) is 0. The van der Waals surface area contributed by atoms with Crippen LogP contribution in [-0.4, -0.2) is 13.3 Å². The van der Waals surface area contributed by atoms with Crippen LogP contribution in [0.1, 0.15) is 20.8 Å². The van der Waals surface area contributed by atoms with Crippen molar-refractivity contribution in [1.82, 2.24) is 0 Å². The van der Waals surface area contributed by atoms with E-state index in [1.54, 1.807) is 19.5 Å². The molecule has 0 rings (SSSR count). The van der Waals surface area contributed by atoms with E-state index in [0.29, 0.717) is 0 Å². The topological polar surface area (TPSA) is 38.4 Å². The van der Waals surface area contributed by atoms with Gasteiger partial charge in [-0.05, 0) is 17.2 Å². The molecule has 0 aromatic heterocycles. The molecule has 0 aliphatic rings. The van der Waals surface area contributed by atoms with Gasteiger partial charge in [0.2, 0.25) is 0 Å². The fraction of sp³-hybridized carbons (Fsp3) is 0.625. The van der Waals surface area contributed by atoms with Gasteiger partial charge in [-0.2, -0.15) is 0 Å². The average Bonchev–Trinajstić information content (AvgIpc) is 1.80. The third-order valence-corrected chi connectivity index (χ3v) is 1.31. The number of hydrogen-bond donors (Lipinski definition) is 1. The molecule has 0 atom stereocenters. The highest BCUT2D eigenvalue weighted by molar-refractivity contribution is 5.79. The normalized spacial score (nSPS) is 14.6. The van der Waals surface area contributed by atoms with Crippen molar-refractivity contribution < 1.29 is 0 Å². The number of rotatable bonds is 1. The van der Waals surface area contributed by atoms with Gasteiger partial charge in [0.15, 0.2) is 0 Å². The SMILES string of the molecule is CN=CC(=CN)C(C)(C)C. The lowest BCUT2D eigenvalue weighted by Gasteiger charge is -2.18. The van der Waals surface area contributed by atoms with Gasteiger partial charge in [-0.1, -0.05) is 20.8 Å². The summed E-state index contributed by atoms with van der Waals surface area (Å²) in [6.07, 6.45) is 3.40. The Morgan fingerprint density at radius 2 is 1.90 bits per heavy atom. The standard InChI is InChI=1S/C8H16N2/c1-8(2,3)7(5-9)6-10-4/h5-6H,9H2,1-4H3. The molecule has 0 aromatic rings. The molecule has 0 bridgehead atoms. The van der Waals surface area contributed by atoms with E-state index in [-0.39, 0.29) is 5.41 Å². The number of nitrogens with two attached hydrogens (primary N) is 1. The molecular weight excluding hydrogens is 124 g/mol. The molecule has 2 nitrogen and oxygen atoms in total. The van der Waals surface area contributed by atoms with E-state index < -0.39 is 0 Å². The lowest BCUT2D eigenvalue weighted by atomic mass is 9.88. The molecule has 58 valence electrons. The van der Waals surface area contributed by atoms with E-state index in [1.165, 1.54) is 0 Å². The van der Waals surface area contributed by atoms with E-state index in [4.69, 9.17) is 5.73 Å². The first-order valence-corrected chi connectivity index (χ1v) is 3.37. The van der Waals surface area contributed by atoms with Gasteiger partial charge < -0.3 is 5.73 Å². The van der Waals surface area contributed by atoms with E-state index in [2.05, 4.69) is 25.8 Å². The minimum Gasteiger partial charge on any atom is -0.404 e. The largest absolute Gasteiger partial charge is 0.404 e. The van der Waals surface area contributed by atoms with Crippen LogP contribution >= 0.6 is 0 Å². The molecule has 0 radical (unpaired) electrons. The lowest BCUT2D eigenvalue weighted by Crippen LogP contribution is -2.12. The molecule has 0 fully saturated rings. The Kier molecular flexibility index (Phi) is 3.13. The van der Waals surface area contributed by atoms with Gasteiger partial charge in [-0.25, -0.2) is 0 Å². The second-order valence-corrected chi connectivity index (χ2v) is 3.26. The van der Waals surface area contributed by atoms with Crippen LogP contribution in [0.15, 0.2) is 16.8 Å². The molecule has 10 heavy (non-hydrogen) atoms. The Hall–Kier alpha value is -0.790. The number of hydrogen-bond acceptors (Lipinski definition) is 2. The van der Waals surface area contributed by atoms with Crippen molar-refractivity contribution in [1.29, 1.82) is 0 Å². The maximum Gasteiger partial charge on any atom is 0.0277 e. The van der Waals surface area contributed by atoms with Gasteiger partial charge in [0.25, 0.3) is 0 Å². The smallest absolute Gasteiger partial charge is 0.0277 e. The predicted molar refractivity (Wildman–Crippen MR) is 46.1 cm³/mol. The van der Waals surface area contributed by atoms with Gasteiger partial charge in [-0.3, -0.25) is 4.99 Å². The molecule has 0 unspecified atom stereocenters. The highest BCUT2D eigenvalue weighted by Gasteiger charge is 2.13. The molecular formula is C8H16N2. The van der Waals surface area contributed by atoms with E-state index in [0.717, 1.165) is 5.57 Å². The third-order valence-electron chi connectivity index (χ3n) is 1.31. The van der Waals surface area contributed by atoms with Crippen LogP contribution in [0.5, 0.6) is 0 Å². The third kappa shape index (κ3) is 2.67. The summed E-state index contributed by atoms with van der Waals surface area (Å²) in [4.78, 5) is 3.90. The summed E-state index contributed by atoms with van der Waals surface area (Å²) in [7, 11) is 1.75. The van der Waals surface area contributed by atoms with Gasteiger partial charge in [0.1, 0.15) is 0 Å². The van der Waals surface area contributed by atoms with Crippen molar-refractivity contribution in [2.75, 3.05) is 7.05 Å². The molecule has 0 amide bonds. The fourth-order valence-electron chi connectivity index (χ4n) is 0.626. The summed E-state index contributed by atoms with van der Waals surface area (Å²) in [5.41, 5.74) is 6.56. The van der Waals surface area contributed by atoms with Crippen molar-refractivity contribution in [2.24, 2.45) is 16.1 Å². The number of allylic oxidation sites excluding steroid dienone is 1. The Bertz CT molecular complexity index is 149. The minimum atomic E-state index is 0.105. The molecule has 0 saturated heterocycles. The van der Waals surface area contributed by atoms with Crippen LogP contribution in [0.2, 0.25) is 0 Å². The van der Waals surface area contributed by atoms with Crippen molar-refractivity contribution >= 4 is 6.21 Å². The molecule has 0 saturated carbocycles. The highest BCUT2D eigenvalue weighted by Crippen LogP contribution is 2.22. The summed E-state index contributed by atoms with van der Waals surface area (Å²) in [5, 5.41) is 0. The van der Waals surface area contributed by atoms with Crippen LogP contribution in [-0.2, 0) is 0 Å². The minimum absolute atomic E-state index is 0.105. The van der Waals surface area contributed by atoms with Gasteiger partial charge in [0.05, 0.1) is 0 Å². The quantitative estimate of drug-likeness (QED) is 0.552. The molecule has 0 aromatic carbocycles. The first kappa shape index (κ1) is 9.21. The van der Waals surface area contributed by atoms with E-state index in [1.807, 2.05) is 0 Å². The first-order valence-electron chi connectivity index (χ1n) is 3.37. The Morgan fingerprint density at radius 3 is 2.00 bits per heavy atom. The summed E-state index contributed by atoms with van der Waals surface area (Å²) < 4.78 is 0. The van der Waals surface area contributed by atoms with Crippen LogP contribution < -0.4 is 5.73 Å². The van der Waals surface area contributed by atoms with Crippen LogP contribution in [0.3, 0.4) is 0 Å². The maximum atomic E-state index is 5.39. The molecule has 0 spiro atoms. The molecule has 2 heteroatoms. The summed E-state index contributed by atoms with van der Waals surface area (Å²) in [5.74, 6) is 0. The Labute approximate surface area is 62.8 Å². The predicted octanol–water partition coefficient (Wildman–Crippen LogP) is 1.58. The van der Waals surface area contributed by atoms with Crippen molar-refractivity contribution in [3.63, 3.8) is 0 Å². The Morgan fingerprint density at radius 1 is 1.40 bits per heavy atom. The average molecular weight is 140 g/mol.